The van der Waals surface area contributed by atoms with E-state index in [0.717, 1.165) is 6.42 Å². The average Bonchev–Trinajstić information content (AvgIpc) is 2.69. The predicted molar refractivity (Wildman–Crippen MR) is 64.1 cm³/mol. The van der Waals surface area contributed by atoms with Gasteiger partial charge in [-0.3, -0.25) is 9.59 Å². The highest BCUT2D eigenvalue weighted by Gasteiger charge is 2.46. The molecule has 1 aliphatic carbocycles. The molecule has 104 valence electrons. The molecule has 0 spiro atoms. The Morgan fingerprint density at radius 1 is 1.53 bits per heavy atom. The van der Waals surface area contributed by atoms with Crippen LogP contribution in [-0.2, 0) is 9.59 Å². The first-order valence-electron chi connectivity index (χ1n) is 6.26. The fourth-order valence-corrected chi connectivity index (χ4v) is 2.22. The molecule has 2 N–H and O–H groups in total. The number of nitrogens with one attached hydrogen (secondary N) is 1. The fourth-order valence-electron chi connectivity index (χ4n) is 2.22. The summed E-state index contributed by atoms with van der Waals surface area (Å²) >= 11 is 0. The maximum absolute atomic E-state index is 11.9. The van der Waals surface area contributed by atoms with Gasteiger partial charge < -0.3 is 14.9 Å². The van der Waals surface area contributed by atoms with Crippen LogP contribution in [0.2, 0.25) is 0 Å². The Labute approximate surface area is 110 Å². The number of nitrogens with zero attached hydrogens (tertiary/aromatic N) is 2. The molecule has 19 heavy (non-hydrogen) atoms. The number of aromatic nitrogens is 2. The number of carbonyl (C=O) groups is 2. The second-order valence-electron chi connectivity index (χ2n) is 5.08. The maximum Gasteiger partial charge on any atom is 0.310 e. The average molecular weight is 267 g/mol. The van der Waals surface area contributed by atoms with Crippen molar-refractivity contribution in [3.8, 4) is 0 Å². The molecule has 2 rings (SSSR count). The Balaban J connectivity index is 1.92. The van der Waals surface area contributed by atoms with Gasteiger partial charge in [-0.15, -0.1) is 0 Å². The number of amides is 1. The Kier molecular flexibility index (Phi) is 3.55. The Morgan fingerprint density at radius 3 is 2.63 bits per heavy atom. The number of carboxylic acid groups (broad SMARTS) is 1. The molecule has 0 radical (unpaired) electrons. The first kappa shape index (κ1) is 13.5. The number of rotatable bonds is 5. The van der Waals surface area contributed by atoms with Crippen molar-refractivity contribution in [2.24, 2.45) is 5.41 Å². The summed E-state index contributed by atoms with van der Waals surface area (Å²) in [7, 11) is 0. The minimum atomic E-state index is -0.893. The van der Waals surface area contributed by atoms with E-state index in [1.165, 1.54) is 0 Å². The van der Waals surface area contributed by atoms with E-state index in [2.05, 4.69) is 15.5 Å². The molecule has 1 unspecified atom stereocenters. The van der Waals surface area contributed by atoms with Crippen molar-refractivity contribution in [1.82, 2.24) is 15.5 Å². The minimum Gasteiger partial charge on any atom is -0.481 e. The second-order valence-corrected chi connectivity index (χ2v) is 5.08. The van der Waals surface area contributed by atoms with Crippen LogP contribution in [0.15, 0.2) is 4.52 Å². The van der Waals surface area contributed by atoms with Gasteiger partial charge in [0.1, 0.15) is 6.04 Å². The number of hydrogen-bond acceptors (Lipinski definition) is 5. The van der Waals surface area contributed by atoms with Crippen molar-refractivity contribution in [1.29, 1.82) is 0 Å². The van der Waals surface area contributed by atoms with Crippen LogP contribution in [0.1, 0.15) is 50.4 Å². The third-order valence-electron chi connectivity index (χ3n) is 3.55. The van der Waals surface area contributed by atoms with Crippen LogP contribution in [0.4, 0.5) is 0 Å². The summed E-state index contributed by atoms with van der Waals surface area (Å²) in [5.74, 6) is -0.374. The molecule has 1 aromatic rings. The topological polar surface area (TPSA) is 105 Å². The van der Waals surface area contributed by atoms with Crippen molar-refractivity contribution in [2.75, 3.05) is 0 Å². The Bertz CT molecular complexity index is 493. The summed E-state index contributed by atoms with van der Waals surface area (Å²) in [6.45, 7) is 3.41. The molecule has 0 saturated heterocycles. The van der Waals surface area contributed by atoms with Crippen molar-refractivity contribution >= 4 is 11.9 Å². The normalized spacial score (nSPS) is 18.4. The number of carboxylic acids is 1. The highest BCUT2D eigenvalue weighted by atomic mass is 16.5. The molecule has 7 nitrogen and oxygen atoms in total. The van der Waals surface area contributed by atoms with E-state index in [1.54, 1.807) is 13.8 Å². The Hall–Kier alpha value is -1.92. The lowest BCUT2D eigenvalue weighted by atomic mass is 9.66. The van der Waals surface area contributed by atoms with E-state index in [4.69, 9.17) is 9.63 Å². The zero-order valence-corrected chi connectivity index (χ0v) is 11.0. The standard InChI is InChI=1S/C12H17N3O4/c1-7(10-14-8(2)15-19-10)13-9(16)6-12(11(17)18)4-3-5-12/h7H,3-6H2,1-2H3,(H,13,16)(H,17,18). The zero-order chi connectivity index (χ0) is 14.0. The van der Waals surface area contributed by atoms with Gasteiger partial charge in [-0.25, -0.2) is 0 Å². The lowest BCUT2D eigenvalue weighted by molar-refractivity contribution is -0.157. The fraction of sp³-hybridized carbons (Fsp3) is 0.667. The monoisotopic (exact) mass is 267 g/mol. The first-order valence-corrected chi connectivity index (χ1v) is 6.26. The molecular weight excluding hydrogens is 250 g/mol. The van der Waals surface area contributed by atoms with Crippen LogP contribution in [0.25, 0.3) is 0 Å². The predicted octanol–water partition coefficient (Wildman–Crippen LogP) is 1.20. The van der Waals surface area contributed by atoms with Crippen LogP contribution in [0.3, 0.4) is 0 Å². The van der Waals surface area contributed by atoms with Crippen molar-refractivity contribution in [2.45, 2.75) is 45.6 Å². The van der Waals surface area contributed by atoms with Crippen LogP contribution < -0.4 is 5.32 Å². The van der Waals surface area contributed by atoms with Crippen molar-refractivity contribution in [3.05, 3.63) is 11.7 Å². The zero-order valence-electron chi connectivity index (χ0n) is 11.0. The highest BCUT2D eigenvalue weighted by Crippen LogP contribution is 2.44. The van der Waals surface area contributed by atoms with Gasteiger partial charge in [0.05, 0.1) is 5.41 Å². The van der Waals surface area contributed by atoms with Gasteiger partial charge in [0.15, 0.2) is 5.82 Å². The van der Waals surface area contributed by atoms with E-state index >= 15 is 0 Å². The highest BCUT2D eigenvalue weighted by molar-refractivity contribution is 5.85. The number of aliphatic carboxylic acids is 1. The molecule has 1 saturated carbocycles. The lowest BCUT2D eigenvalue weighted by Crippen LogP contribution is -2.43. The molecule has 1 aliphatic rings. The van der Waals surface area contributed by atoms with Crippen LogP contribution >= 0.6 is 0 Å². The largest absolute Gasteiger partial charge is 0.481 e. The second kappa shape index (κ2) is 4.99. The van der Waals surface area contributed by atoms with Gasteiger partial charge >= 0.3 is 5.97 Å². The SMILES string of the molecule is Cc1noc(C(C)NC(=O)CC2(C(=O)O)CCC2)n1. The summed E-state index contributed by atoms with van der Waals surface area (Å²) in [4.78, 5) is 27.1. The van der Waals surface area contributed by atoms with Gasteiger partial charge in [0.25, 0.3) is 0 Å². The number of carbonyl (C=O) groups excluding carboxylic acids is 1. The van der Waals surface area contributed by atoms with Crippen LogP contribution in [-0.4, -0.2) is 27.1 Å². The molecule has 1 fully saturated rings. The summed E-state index contributed by atoms with van der Waals surface area (Å²) in [6, 6.07) is -0.417. The van der Waals surface area contributed by atoms with Gasteiger partial charge in [0.2, 0.25) is 11.8 Å². The lowest BCUT2D eigenvalue weighted by Gasteiger charge is -2.37. The molecular formula is C12H17N3O4. The number of aryl methyl sites for hydroxylation is 1. The molecule has 1 atom stereocenters. The van der Waals surface area contributed by atoms with E-state index in [9.17, 15) is 9.59 Å². The molecule has 7 heteroatoms. The van der Waals surface area contributed by atoms with E-state index < -0.39 is 17.4 Å². The molecule has 0 bridgehead atoms. The molecule has 0 aliphatic heterocycles. The third-order valence-corrected chi connectivity index (χ3v) is 3.55. The smallest absolute Gasteiger partial charge is 0.310 e. The van der Waals surface area contributed by atoms with Gasteiger partial charge in [0, 0.05) is 6.42 Å². The summed E-state index contributed by atoms with van der Waals surface area (Å²) in [6.07, 6.45) is 1.98. The maximum atomic E-state index is 11.9. The first-order chi connectivity index (χ1) is 8.93. The van der Waals surface area contributed by atoms with Crippen molar-refractivity contribution < 1.29 is 19.2 Å². The molecule has 1 amide bonds. The Morgan fingerprint density at radius 2 is 2.21 bits per heavy atom. The van der Waals surface area contributed by atoms with Gasteiger partial charge in [-0.1, -0.05) is 11.6 Å². The van der Waals surface area contributed by atoms with Crippen molar-refractivity contribution in [3.63, 3.8) is 0 Å². The third kappa shape index (κ3) is 2.74. The van der Waals surface area contributed by atoms with E-state index in [1.807, 2.05) is 0 Å². The van der Waals surface area contributed by atoms with E-state index in [0.29, 0.717) is 24.6 Å². The van der Waals surface area contributed by atoms with Gasteiger partial charge in [-0.2, -0.15) is 4.98 Å². The minimum absolute atomic E-state index is 0.000206. The van der Waals surface area contributed by atoms with Crippen LogP contribution in [0.5, 0.6) is 0 Å². The van der Waals surface area contributed by atoms with E-state index in [-0.39, 0.29) is 12.3 Å². The summed E-state index contributed by atoms with van der Waals surface area (Å²) in [5, 5.41) is 15.5. The summed E-state index contributed by atoms with van der Waals surface area (Å²) in [5.41, 5.74) is -0.880. The van der Waals surface area contributed by atoms with Gasteiger partial charge in [-0.05, 0) is 26.7 Å². The summed E-state index contributed by atoms with van der Waals surface area (Å²) < 4.78 is 4.95. The molecule has 0 aromatic carbocycles. The number of hydrogen-bond donors (Lipinski definition) is 2. The molecule has 1 heterocycles. The quantitative estimate of drug-likeness (QED) is 0.830. The van der Waals surface area contributed by atoms with Crippen LogP contribution in [0, 0.1) is 12.3 Å². The molecule has 1 aromatic heterocycles.